The fourth-order valence-corrected chi connectivity index (χ4v) is 5.23. The molecule has 6 heteroatoms. The van der Waals surface area contributed by atoms with Crippen LogP contribution >= 0.6 is 0 Å². The molecule has 1 N–H and O–H groups in total. The lowest BCUT2D eigenvalue weighted by Gasteiger charge is -2.35. The van der Waals surface area contributed by atoms with Crippen molar-refractivity contribution in [2.24, 2.45) is 0 Å². The molecule has 3 aromatic rings. The van der Waals surface area contributed by atoms with Gasteiger partial charge in [0, 0.05) is 32.2 Å². The normalized spacial score (nSPS) is 14.5. The molecule has 0 radical (unpaired) electrons. The van der Waals surface area contributed by atoms with E-state index in [0.29, 0.717) is 23.9 Å². The van der Waals surface area contributed by atoms with Gasteiger partial charge in [0.25, 0.3) is 5.91 Å². The molecule has 6 nitrogen and oxygen atoms in total. The Morgan fingerprint density at radius 3 is 2.36 bits per heavy atom. The van der Waals surface area contributed by atoms with Crippen LogP contribution in [0.3, 0.4) is 0 Å². The highest BCUT2D eigenvalue weighted by atomic mass is 16.6. The number of rotatable bonds is 11. The standard InChI is InChI=1S/C33H41N3O3/c1-4-21-36(30-18-16-27-17-19-31(24-29(27)23-30)39-33(38)35(2)3)22-9-8-20-34-32(37)28-14-12-26(13-15-28)25-10-6-5-7-11-25/h5-7,10-15,17,19,24,30H,4,8-9,16,18,20-23H2,1-3H3,(H,34,37)/t30-/m1/s1. The number of carbonyl (C=O) groups is 2. The van der Waals surface area contributed by atoms with E-state index < -0.39 is 0 Å². The summed E-state index contributed by atoms with van der Waals surface area (Å²) in [5.74, 6) is 0.593. The van der Waals surface area contributed by atoms with Crippen molar-refractivity contribution in [2.75, 3.05) is 33.7 Å². The second-order valence-corrected chi connectivity index (χ2v) is 10.5. The molecule has 206 valence electrons. The highest BCUT2D eigenvalue weighted by Crippen LogP contribution is 2.28. The SMILES string of the molecule is CCCN(CCCCNC(=O)c1ccc(-c2ccccc2)cc1)[C@@H]1CCc2ccc(OC(=O)N(C)C)cc2C1. The van der Waals surface area contributed by atoms with Gasteiger partial charge in [-0.05, 0) is 98.1 Å². The average Bonchev–Trinajstić information content (AvgIpc) is 2.96. The van der Waals surface area contributed by atoms with Crippen LogP contribution in [0.2, 0.25) is 0 Å². The third kappa shape index (κ3) is 7.93. The van der Waals surface area contributed by atoms with Crippen molar-refractivity contribution >= 4 is 12.0 Å². The van der Waals surface area contributed by atoms with Crippen molar-refractivity contribution in [3.05, 3.63) is 89.5 Å². The third-order valence-electron chi connectivity index (χ3n) is 7.39. The minimum absolute atomic E-state index is 0.0188. The number of carbonyl (C=O) groups excluding carboxylic acids is 2. The number of unbranched alkanes of at least 4 members (excludes halogenated alkanes) is 1. The van der Waals surface area contributed by atoms with Gasteiger partial charge in [-0.25, -0.2) is 4.79 Å². The molecule has 0 saturated heterocycles. The van der Waals surface area contributed by atoms with E-state index in [4.69, 9.17) is 4.74 Å². The summed E-state index contributed by atoms with van der Waals surface area (Å²) < 4.78 is 5.49. The van der Waals surface area contributed by atoms with Gasteiger partial charge in [-0.1, -0.05) is 55.5 Å². The summed E-state index contributed by atoms with van der Waals surface area (Å²) in [4.78, 5) is 28.6. The predicted molar refractivity (Wildman–Crippen MR) is 157 cm³/mol. The van der Waals surface area contributed by atoms with Gasteiger partial charge in [-0.3, -0.25) is 4.79 Å². The average molecular weight is 528 g/mol. The van der Waals surface area contributed by atoms with Crippen molar-refractivity contribution in [3.63, 3.8) is 0 Å². The molecule has 3 aromatic carbocycles. The number of benzene rings is 3. The quantitative estimate of drug-likeness (QED) is 0.302. The Balaban J connectivity index is 1.24. The Labute approximate surface area is 233 Å². The first-order valence-electron chi connectivity index (χ1n) is 14.1. The maximum absolute atomic E-state index is 12.6. The molecule has 1 atom stereocenters. The number of amides is 2. The molecule has 0 spiro atoms. The van der Waals surface area contributed by atoms with Crippen molar-refractivity contribution < 1.29 is 14.3 Å². The first kappa shape index (κ1) is 28.4. The minimum atomic E-state index is -0.355. The molecular formula is C33H41N3O3. The highest BCUT2D eigenvalue weighted by Gasteiger charge is 2.24. The van der Waals surface area contributed by atoms with Crippen LogP contribution in [0, 0.1) is 0 Å². The molecule has 0 aliphatic heterocycles. The maximum Gasteiger partial charge on any atom is 0.414 e. The van der Waals surface area contributed by atoms with E-state index >= 15 is 0 Å². The Morgan fingerprint density at radius 1 is 0.897 bits per heavy atom. The Morgan fingerprint density at radius 2 is 1.64 bits per heavy atom. The molecule has 0 unspecified atom stereocenters. The zero-order chi connectivity index (χ0) is 27.6. The van der Waals surface area contributed by atoms with E-state index in [1.165, 1.54) is 16.0 Å². The number of hydrogen-bond donors (Lipinski definition) is 1. The van der Waals surface area contributed by atoms with Crippen molar-refractivity contribution in [3.8, 4) is 16.9 Å². The zero-order valence-electron chi connectivity index (χ0n) is 23.5. The summed E-state index contributed by atoms with van der Waals surface area (Å²) in [6, 6.07) is 24.5. The van der Waals surface area contributed by atoms with E-state index in [-0.39, 0.29) is 12.0 Å². The number of hydrogen-bond acceptors (Lipinski definition) is 4. The topological polar surface area (TPSA) is 61.9 Å². The minimum Gasteiger partial charge on any atom is -0.410 e. The van der Waals surface area contributed by atoms with Crippen LogP contribution in [-0.2, 0) is 12.8 Å². The van der Waals surface area contributed by atoms with Crippen LogP contribution in [0.1, 0.15) is 54.1 Å². The summed E-state index contributed by atoms with van der Waals surface area (Å²) in [5, 5.41) is 3.08. The Hall–Kier alpha value is -3.64. The summed E-state index contributed by atoms with van der Waals surface area (Å²) in [7, 11) is 3.38. The molecule has 4 rings (SSSR count). The molecular weight excluding hydrogens is 486 g/mol. The fraction of sp³-hybridized carbons (Fsp3) is 0.394. The predicted octanol–water partition coefficient (Wildman–Crippen LogP) is 6.19. The lowest BCUT2D eigenvalue weighted by molar-refractivity contribution is 0.0952. The number of aryl methyl sites for hydroxylation is 1. The molecule has 2 amide bonds. The van der Waals surface area contributed by atoms with Crippen LogP contribution < -0.4 is 10.1 Å². The fourth-order valence-electron chi connectivity index (χ4n) is 5.23. The smallest absolute Gasteiger partial charge is 0.410 e. The number of nitrogens with zero attached hydrogens (tertiary/aromatic N) is 2. The first-order chi connectivity index (χ1) is 18.9. The summed E-state index contributed by atoms with van der Waals surface area (Å²) in [6.07, 6.45) is 5.89. The monoisotopic (exact) mass is 527 g/mol. The zero-order valence-corrected chi connectivity index (χ0v) is 23.5. The van der Waals surface area contributed by atoms with Gasteiger partial charge in [-0.15, -0.1) is 0 Å². The van der Waals surface area contributed by atoms with E-state index in [9.17, 15) is 9.59 Å². The molecule has 1 aliphatic rings. The molecule has 0 aromatic heterocycles. The lowest BCUT2D eigenvalue weighted by Crippen LogP contribution is -2.40. The van der Waals surface area contributed by atoms with Crippen LogP contribution in [0.25, 0.3) is 11.1 Å². The van der Waals surface area contributed by atoms with Gasteiger partial charge in [0.2, 0.25) is 0 Å². The molecule has 0 saturated carbocycles. The molecule has 1 aliphatic carbocycles. The van der Waals surface area contributed by atoms with E-state index in [0.717, 1.165) is 62.7 Å². The van der Waals surface area contributed by atoms with Crippen LogP contribution in [-0.4, -0.2) is 61.6 Å². The van der Waals surface area contributed by atoms with Gasteiger partial charge in [0.15, 0.2) is 0 Å². The number of ether oxygens (including phenoxy) is 1. The maximum atomic E-state index is 12.6. The van der Waals surface area contributed by atoms with Crippen LogP contribution in [0.4, 0.5) is 4.79 Å². The summed E-state index contributed by atoms with van der Waals surface area (Å²) in [5.41, 5.74) is 5.59. The first-order valence-corrected chi connectivity index (χ1v) is 14.1. The molecule has 39 heavy (non-hydrogen) atoms. The van der Waals surface area contributed by atoms with E-state index in [2.05, 4.69) is 35.3 Å². The molecule has 0 fully saturated rings. The molecule has 0 bridgehead atoms. The van der Waals surface area contributed by atoms with Crippen LogP contribution in [0.5, 0.6) is 5.75 Å². The number of nitrogens with one attached hydrogen (secondary N) is 1. The largest absolute Gasteiger partial charge is 0.414 e. The van der Waals surface area contributed by atoms with Gasteiger partial charge in [0.05, 0.1) is 0 Å². The second-order valence-electron chi connectivity index (χ2n) is 10.5. The molecule has 0 heterocycles. The lowest BCUT2D eigenvalue weighted by atomic mass is 9.87. The van der Waals surface area contributed by atoms with Crippen molar-refractivity contribution in [1.29, 1.82) is 0 Å². The van der Waals surface area contributed by atoms with Crippen molar-refractivity contribution in [1.82, 2.24) is 15.1 Å². The van der Waals surface area contributed by atoms with E-state index in [1.807, 2.05) is 54.6 Å². The summed E-state index contributed by atoms with van der Waals surface area (Å²) in [6.45, 7) is 4.99. The second kappa shape index (κ2) is 13.9. The van der Waals surface area contributed by atoms with Gasteiger partial charge >= 0.3 is 6.09 Å². The Kier molecular flexibility index (Phi) is 10.1. The van der Waals surface area contributed by atoms with Crippen molar-refractivity contribution in [2.45, 2.75) is 51.5 Å². The highest BCUT2D eigenvalue weighted by molar-refractivity contribution is 5.94. The van der Waals surface area contributed by atoms with Gasteiger partial charge in [0.1, 0.15) is 5.75 Å². The number of fused-ring (bicyclic) bond motifs is 1. The Bertz CT molecular complexity index is 1220. The van der Waals surface area contributed by atoms with Crippen LogP contribution in [0.15, 0.2) is 72.8 Å². The van der Waals surface area contributed by atoms with E-state index in [1.54, 1.807) is 14.1 Å². The summed E-state index contributed by atoms with van der Waals surface area (Å²) >= 11 is 0. The third-order valence-corrected chi connectivity index (χ3v) is 7.39. The van der Waals surface area contributed by atoms with Gasteiger partial charge < -0.3 is 19.9 Å². The van der Waals surface area contributed by atoms with Gasteiger partial charge in [-0.2, -0.15) is 0 Å².